The van der Waals surface area contributed by atoms with E-state index in [1.54, 1.807) is 12.1 Å². The van der Waals surface area contributed by atoms with Gasteiger partial charge in [-0.15, -0.1) is 0 Å². The topological polar surface area (TPSA) is 72.5 Å². The molecule has 0 atom stereocenters. The van der Waals surface area contributed by atoms with Gasteiger partial charge in [0.05, 0.1) is 11.4 Å². The van der Waals surface area contributed by atoms with E-state index in [1.165, 1.54) is 36.4 Å². The molecule has 1 aliphatic rings. The van der Waals surface area contributed by atoms with Crippen molar-refractivity contribution in [3.05, 3.63) is 59.4 Å². The van der Waals surface area contributed by atoms with E-state index in [9.17, 15) is 17.6 Å². The lowest BCUT2D eigenvalue weighted by Crippen LogP contribution is -2.51. The largest absolute Gasteiger partial charge is 0.489 e. The summed E-state index contributed by atoms with van der Waals surface area (Å²) in [4.78, 5) is 13.0. The van der Waals surface area contributed by atoms with E-state index in [4.69, 9.17) is 16.3 Å². The molecule has 2 aromatic rings. The van der Waals surface area contributed by atoms with Gasteiger partial charge >= 0.3 is 0 Å². The molecule has 1 amide bonds. The lowest BCUT2D eigenvalue weighted by molar-refractivity contribution is -0.123. The minimum Gasteiger partial charge on any atom is -0.489 e. The normalized spacial score (nSPS) is 15.9. The summed E-state index contributed by atoms with van der Waals surface area (Å²) in [5.41, 5.74) is 0. The molecule has 150 valence electrons. The highest BCUT2D eigenvalue weighted by Crippen LogP contribution is 2.41. The van der Waals surface area contributed by atoms with Crippen LogP contribution in [0.2, 0.25) is 5.02 Å². The van der Waals surface area contributed by atoms with Gasteiger partial charge in [0.2, 0.25) is 5.91 Å². The van der Waals surface area contributed by atoms with E-state index in [0.29, 0.717) is 17.9 Å². The molecule has 0 aromatic heterocycles. The number of benzene rings is 2. The van der Waals surface area contributed by atoms with Gasteiger partial charge in [-0.25, -0.2) is 12.8 Å². The number of rotatable bonds is 7. The number of carbonyl (C=O) groups excluding carboxylic acids is 1. The lowest BCUT2D eigenvalue weighted by atomic mass is 10.1. The standard InChI is InChI=1S/C20H21ClFNO4S/c21-15-7-9-16(10-8-15)28(25,26)20(11-3-4-12-20)19(24)23-13-14-27-18-6-2-1-5-17(18)22/h1-2,5-10H,3-4,11-14H2,(H,23,24). The predicted octanol–water partition coefficient (Wildman–Crippen LogP) is 3.76. The Bertz CT molecular complexity index is 941. The fourth-order valence-electron chi connectivity index (χ4n) is 3.45. The van der Waals surface area contributed by atoms with Gasteiger partial charge in [-0.05, 0) is 49.2 Å². The van der Waals surface area contributed by atoms with Gasteiger partial charge in [-0.1, -0.05) is 36.6 Å². The molecule has 28 heavy (non-hydrogen) atoms. The zero-order valence-electron chi connectivity index (χ0n) is 15.2. The molecule has 0 radical (unpaired) electrons. The molecule has 0 saturated heterocycles. The van der Waals surface area contributed by atoms with Crippen molar-refractivity contribution in [2.45, 2.75) is 35.3 Å². The van der Waals surface area contributed by atoms with Crippen LogP contribution < -0.4 is 10.1 Å². The quantitative estimate of drug-likeness (QED) is 0.685. The summed E-state index contributed by atoms with van der Waals surface area (Å²) in [5, 5.41) is 3.08. The van der Waals surface area contributed by atoms with Crippen LogP contribution in [0.5, 0.6) is 5.75 Å². The average molecular weight is 426 g/mol. The van der Waals surface area contributed by atoms with Crippen LogP contribution in [0.25, 0.3) is 0 Å². The third-order valence-corrected chi connectivity index (χ3v) is 7.71. The number of hydrogen-bond acceptors (Lipinski definition) is 4. The van der Waals surface area contributed by atoms with Crippen molar-refractivity contribution in [3.8, 4) is 5.75 Å². The molecule has 5 nitrogen and oxygen atoms in total. The minimum absolute atomic E-state index is 0.0315. The summed E-state index contributed by atoms with van der Waals surface area (Å²) in [5.74, 6) is -0.954. The first-order valence-electron chi connectivity index (χ1n) is 9.03. The third kappa shape index (κ3) is 4.00. The van der Waals surface area contributed by atoms with Crippen LogP contribution in [0, 0.1) is 5.82 Å². The predicted molar refractivity (Wildman–Crippen MR) is 105 cm³/mol. The van der Waals surface area contributed by atoms with Crippen molar-refractivity contribution in [1.29, 1.82) is 0 Å². The highest BCUT2D eigenvalue weighted by atomic mass is 35.5. The molecule has 1 N–H and O–H groups in total. The Morgan fingerprint density at radius 1 is 1.11 bits per heavy atom. The molecule has 0 spiro atoms. The molecule has 1 aliphatic carbocycles. The Balaban J connectivity index is 1.70. The van der Waals surface area contributed by atoms with Crippen molar-refractivity contribution >= 4 is 27.3 Å². The Labute approximate surface area is 168 Å². The molecule has 0 heterocycles. The molecule has 3 rings (SSSR count). The van der Waals surface area contributed by atoms with Crippen LogP contribution >= 0.6 is 11.6 Å². The van der Waals surface area contributed by atoms with E-state index >= 15 is 0 Å². The SMILES string of the molecule is O=C(NCCOc1ccccc1F)C1(S(=O)(=O)c2ccc(Cl)cc2)CCCC1. The van der Waals surface area contributed by atoms with Crippen molar-refractivity contribution in [2.24, 2.45) is 0 Å². The van der Waals surface area contributed by atoms with Crippen LogP contribution in [-0.4, -0.2) is 32.2 Å². The van der Waals surface area contributed by atoms with Gasteiger partial charge in [-0.2, -0.15) is 0 Å². The maximum atomic E-state index is 13.6. The maximum Gasteiger partial charge on any atom is 0.241 e. The summed E-state index contributed by atoms with van der Waals surface area (Å²) < 4.78 is 43.8. The molecule has 1 fully saturated rings. The smallest absolute Gasteiger partial charge is 0.241 e. The molecular formula is C20H21ClFNO4S. The number of carbonyl (C=O) groups is 1. The molecule has 0 aliphatic heterocycles. The first kappa shape index (κ1) is 20.6. The fourth-order valence-corrected chi connectivity index (χ4v) is 5.67. The van der Waals surface area contributed by atoms with Gasteiger partial charge in [0, 0.05) is 5.02 Å². The third-order valence-electron chi connectivity index (χ3n) is 4.95. The van der Waals surface area contributed by atoms with Gasteiger partial charge < -0.3 is 10.1 Å². The summed E-state index contributed by atoms with van der Waals surface area (Å²) in [7, 11) is -3.88. The number of ether oxygens (including phenoxy) is 1. The van der Waals surface area contributed by atoms with Gasteiger partial charge in [0.25, 0.3) is 0 Å². The van der Waals surface area contributed by atoms with E-state index in [0.717, 1.165) is 0 Å². The number of nitrogens with one attached hydrogen (secondary N) is 1. The first-order valence-corrected chi connectivity index (χ1v) is 10.9. The maximum absolute atomic E-state index is 13.6. The Kier molecular flexibility index (Phi) is 6.25. The second-order valence-electron chi connectivity index (χ2n) is 6.69. The van der Waals surface area contributed by atoms with E-state index < -0.39 is 26.3 Å². The van der Waals surface area contributed by atoms with Crippen LogP contribution in [0.15, 0.2) is 53.4 Å². The average Bonchev–Trinajstić information content (AvgIpc) is 3.18. The van der Waals surface area contributed by atoms with Crippen molar-refractivity contribution in [2.75, 3.05) is 13.2 Å². The number of halogens is 2. The summed E-state index contributed by atoms with van der Waals surface area (Å²) in [6.07, 6.45) is 1.84. The summed E-state index contributed by atoms with van der Waals surface area (Å²) in [6, 6.07) is 11.8. The van der Waals surface area contributed by atoms with Crippen LogP contribution in [0.4, 0.5) is 4.39 Å². The Morgan fingerprint density at radius 2 is 1.75 bits per heavy atom. The Morgan fingerprint density at radius 3 is 2.39 bits per heavy atom. The second kappa shape index (κ2) is 8.49. The number of hydrogen-bond donors (Lipinski definition) is 1. The zero-order valence-corrected chi connectivity index (χ0v) is 16.7. The van der Waals surface area contributed by atoms with Gasteiger partial charge in [0.1, 0.15) is 6.61 Å². The molecule has 0 unspecified atom stereocenters. The molecule has 1 saturated carbocycles. The molecule has 2 aromatic carbocycles. The highest BCUT2D eigenvalue weighted by Gasteiger charge is 2.52. The fraction of sp³-hybridized carbons (Fsp3) is 0.350. The second-order valence-corrected chi connectivity index (χ2v) is 9.39. The monoisotopic (exact) mass is 425 g/mol. The van der Waals surface area contributed by atoms with E-state index in [-0.39, 0.29) is 36.6 Å². The van der Waals surface area contributed by atoms with E-state index in [2.05, 4.69) is 5.32 Å². The van der Waals surface area contributed by atoms with Crippen LogP contribution in [0.3, 0.4) is 0 Å². The zero-order chi connectivity index (χ0) is 20.2. The number of sulfone groups is 1. The van der Waals surface area contributed by atoms with Crippen molar-refractivity contribution in [1.82, 2.24) is 5.32 Å². The summed E-state index contributed by atoms with van der Waals surface area (Å²) >= 11 is 5.85. The lowest BCUT2D eigenvalue weighted by Gasteiger charge is -2.27. The molecule has 8 heteroatoms. The van der Waals surface area contributed by atoms with Crippen molar-refractivity contribution < 1.29 is 22.3 Å². The summed E-state index contributed by atoms with van der Waals surface area (Å²) in [6.45, 7) is 0.106. The van der Waals surface area contributed by atoms with Gasteiger partial charge in [0.15, 0.2) is 26.2 Å². The van der Waals surface area contributed by atoms with Crippen LogP contribution in [-0.2, 0) is 14.6 Å². The first-order chi connectivity index (χ1) is 13.4. The van der Waals surface area contributed by atoms with Crippen LogP contribution in [0.1, 0.15) is 25.7 Å². The number of amides is 1. The molecular weight excluding hydrogens is 405 g/mol. The minimum atomic E-state index is -3.88. The van der Waals surface area contributed by atoms with Crippen molar-refractivity contribution in [3.63, 3.8) is 0 Å². The number of para-hydroxylation sites is 1. The Hall–Kier alpha value is -2.12. The van der Waals surface area contributed by atoms with E-state index in [1.807, 2.05) is 0 Å². The highest BCUT2D eigenvalue weighted by molar-refractivity contribution is 7.93. The van der Waals surface area contributed by atoms with Gasteiger partial charge in [-0.3, -0.25) is 4.79 Å². The molecule has 0 bridgehead atoms.